The molecule has 0 amide bonds. The molecule has 1 rings (SSSR count). The number of unbranched alkanes of at least 4 members (excludes halogenated alkanes) is 6. The third-order valence-electron chi connectivity index (χ3n) is 3.53. The van der Waals surface area contributed by atoms with Crippen LogP contribution in [0, 0.1) is 0 Å². The van der Waals surface area contributed by atoms with Crippen LogP contribution in [0.2, 0.25) is 0 Å². The SMILES string of the molecule is CCCCCCCCC=CC(=O)c1cccc(C=O)c1N. The largest absolute Gasteiger partial charge is 0.398 e. The molecular weight excluding hydrogens is 262 g/mol. The molecule has 3 nitrogen and oxygen atoms in total. The zero-order chi connectivity index (χ0) is 15.5. The zero-order valence-electron chi connectivity index (χ0n) is 12.8. The maximum Gasteiger partial charge on any atom is 0.187 e. The van der Waals surface area contributed by atoms with Crippen LogP contribution in [0.25, 0.3) is 0 Å². The minimum absolute atomic E-state index is 0.137. The molecule has 0 aliphatic heterocycles. The molecule has 0 aromatic heterocycles. The molecule has 0 spiro atoms. The summed E-state index contributed by atoms with van der Waals surface area (Å²) in [5.41, 5.74) is 6.84. The summed E-state index contributed by atoms with van der Waals surface area (Å²) < 4.78 is 0. The summed E-state index contributed by atoms with van der Waals surface area (Å²) in [7, 11) is 0. The van der Waals surface area contributed by atoms with Gasteiger partial charge in [0.05, 0.1) is 5.69 Å². The van der Waals surface area contributed by atoms with Gasteiger partial charge in [0.2, 0.25) is 0 Å². The average molecular weight is 287 g/mol. The topological polar surface area (TPSA) is 60.2 Å². The highest BCUT2D eigenvalue weighted by Gasteiger charge is 2.09. The van der Waals surface area contributed by atoms with Gasteiger partial charge in [0.1, 0.15) is 0 Å². The van der Waals surface area contributed by atoms with Crippen LogP contribution >= 0.6 is 0 Å². The number of hydrogen-bond acceptors (Lipinski definition) is 3. The first-order chi connectivity index (χ1) is 10.2. The number of anilines is 1. The van der Waals surface area contributed by atoms with E-state index in [1.807, 2.05) is 6.08 Å². The maximum absolute atomic E-state index is 12.0. The van der Waals surface area contributed by atoms with Crippen LogP contribution in [-0.4, -0.2) is 12.1 Å². The number of carbonyl (C=O) groups is 2. The van der Waals surface area contributed by atoms with E-state index in [1.54, 1.807) is 24.3 Å². The second kappa shape index (κ2) is 9.92. The Morgan fingerprint density at radius 2 is 1.86 bits per heavy atom. The van der Waals surface area contributed by atoms with Crippen LogP contribution in [0.5, 0.6) is 0 Å². The van der Waals surface area contributed by atoms with Gasteiger partial charge in [0.25, 0.3) is 0 Å². The smallest absolute Gasteiger partial charge is 0.187 e. The van der Waals surface area contributed by atoms with E-state index in [0.717, 1.165) is 12.8 Å². The van der Waals surface area contributed by atoms with Crippen LogP contribution < -0.4 is 5.73 Å². The van der Waals surface area contributed by atoms with Gasteiger partial charge in [-0.2, -0.15) is 0 Å². The van der Waals surface area contributed by atoms with Gasteiger partial charge in [-0.1, -0.05) is 51.2 Å². The highest BCUT2D eigenvalue weighted by Crippen LogP contribution is 2.17. The number of nitrogens with two attached hydrogens (primary N) is 1. The molecule has 0 saturated heterocycles. The number of hydrogen-bond donors (Lipinski definition) is 1. The molecule has 0 saturated carbocycles. The van der Waals surface area contributed by atoms with Crippen molar-refractivity contribution in [1.29, 1.82) is 0 Å². The molecule has 0 aliphatic rings. The Morgan fingerprint density at radius 3 is 2.57 bits per heavy atom. The van der Waals surface area contributed by atoms with Crippen LogP contribution in [0.15, 0.2) is 30.4 Å². The van der Waals surface area contributed by atoms with Gasteiger partial charge in [-0.05, 0) is 31.1 Å². The maximum atomic E-state index is 12.0. The summed E-state index contributed by atoms with van der Waals surface area (Å²) in [5.74, 6) is -0.137. The molecule has 0 bridgehead atoms. The van der Waals surface area contributed by atoms with Crippen molar-refractivity contribution in [3.05, 3.63) is 41.5 Å². The third kappa shape index (κ3) is 5.94. The highest BCUT2D eigenvalue weighted by atomic mass is 16.1. The first kappa shape index (κ1) is 17.2. The summed E-state index contributed by atoms with van der Waals surface area (Å²) >= 11 is 0. The molecule has 0 aliphatic carbocycles. The second-order valence-corrected chi connectivity index (χ2v) is 5.25. The second-order valence-electron chi connectivity index (χ2n) is 5.25. The van der Waals surface area contributed by atoms with E-state index in [4.69, 9.17) is 5.73 Å². The average Bonchev–Trinajstić information content (AvgIpc) is 2.50. The summed E-state index contributed by atoms with van der Waals surface area (Å²) in [6.07, 6.45) is 12.5. The van der Waals surface area contributed by atoms with Gasteiger partial charge in [0, 0.05) is 11.1 Å². The molecule has 21 heavy (non-hydrogen) atoms. The number of allylic oxidation sites excluding steroid dienone is 2. The van der Waals surface area contributed by atoms with E-state index < -0.39 is 0 Å². The van der Waals surface area contributed by atoms with E-state index in [-0.39, 0.29) is 11.5 Å². The fourth-order valence-electron chi connectivity index (χ4n) is 2.22. The summed E-state index contributed by atoms with van der Waals surface area (Å²) in [6, 6.07) is 4.94. The zero-order valence-corrected chi connectivity index (χ0v) is 12.8. The number of benzene rings is 1. The van der Waals surface area contributed by atoms with Crippen LogP contribution in [-0.2, 0) is 0 Å². The normalized spacial score (nSPS) is 10.9. The number of aldehydes is 1. The fraction of sp³-hybridized carbons (Fsp3) is 0.444. The van der Waals surface area contributed by atoms with Crippen molar-refractivity contribution in [3.8, 4) is 0 Å². The number of ketones is 1. The van der Waals surface area contributed by atoms with E-state index in [9.17, 15) is 9.59 Å². The van der Waals surface area contributed by atoms with E-state index in [1.165, 1.54) is 32.1 Å². The van der Waals surface area contributed by atoms with E-state index >= 15 is 0 Å². The lowest BCUT2D eigenvalue weighted by molar-refractivity contribution is 0.104. The molecular formula is C18H25NO2. The van der Waals surface area contributed by atoms with Crippen molar-refractivity contribution in [2.45, 2.75) is 51.9 Å². The fourth-order valence-corrected chi connectivity index (χ4v) is 2.22. The van der Waals surface area contributed by atoms with Gasteiger partial charge in [-0.15, -0.1) is 0 Å². The lowest BCUT2D eigenvalue weighted by Crippen LogP contribution is -2.03. The molecule has 114 valence electrons. The summed E-state index contributed by atoms with van der Waals surface area (Å²) in [4.78, 5) is 22.8. The Balaban J connectivity index is 2.39. The Bertz CT molecular complexity index is 492. The molecule has 1 aromatic rings. The van der Waals surface area contributed by atoms with E-state index in [0.29, 0.717) is 17.4 Å². The minimum Gasteiger partial charge on any atom is -0.398 e. The predicted molar refractivity (Wildman–Crippen MR) is 87.7 cm³/mol. The third-order valence-corrected chi connectivity index (χ3v) is 3.53. The highest BCUT2D eigenvalue weighted by molar-refractivity contribution is 6.10. The Hall–Kier alpha value is -1.90. The van der Waals surface area contributed by atoms with Crippen LogP contribution in [0.3, 0.4) is 0 Å². The van der Waals surface area contributed by atoms with Crippen molar-refractivity contribution in [3.63, 3.8) is 0 Å². The molecule has 0 radical (unpaired) electrons. The Kier molecular flexibility index (Phi) is 8.10. The van der Waals surface area contributed by atoms with Crippen molar-refractivity contribution in [1.82, 2.24) is 0 Å². The summed E-state index contributed by atoms with van der Waals surface area (Å²) in [5, 5.41) is 0. The van der Waals surface area contributed by atoms with Crippen molar-refractivity contribution in [2.24, 2.45) is 0 Å². The van der Waals surface area contributed by atoms with Gasteiger partial charge < -0.3 is 5.73 Å². The van der Waals surface area contributed by atoms with Crippen molar-refractivity contribution in [2.75, 3.05) is 5.73 Å². The minimum atomic E-state index is -0.137. The predicted octanol–water partition coefficient (Wildman–Crippen LogP) is 4.57. The number of carbonyl (C=O) groups excluding carboxylic acids is 2. The Morgan fingerprint density at radius 1 is 1.14 bits per heavy atom. The summed E-state index contributed by atoms with van der Waals surface area (Å²) in [6.45, 7) is 2.21. The van der Waals surface area contributed by atoms with Gasteiger partial charge >= 0.3 is 0 Å². The molecule has 3 heteroatoms. The van der Waals surface area contributed by atoms with E-state index in [2.05, 4.69) is 6.92 Å². The number of rotatable bonds is 10. The molecule has 0 unspecified atom stereocenters. The number of para-hydroxylation sites is 1. The number of nitrogen functional groups attached to an aromatic ring is 1. The molecule has 2 N–H and O–H groups in total. The lowest BCUT2D eigenvalue weighted by atomic mass is 10.0. The molecule has 0 atom stereocenters. The van der Waals surface area contributed by atoms with Crippen molar-refractivity contribution < 1.29 is 9.59 Å². The first-order valence-corrected chi connectivity index (χ1v) is 7.75. The monoisotopic (exact) mass is 287 g/mol. The molecule has 0 fully saturated rings. The first-order valence-electron chi connectivity index (χ1n) is 7.75. The quantitative estimate of drug-likeness (QED) is 0.225. The van der Waals surface area contributed by atoms with Crippen LogP contribution in [0.1, 0.15) is 72.6 Å². The van der Waals surface area contributed by atoms with Crippen molar-refractivity contribution >= 4 is 17.8 Å². The Labute approximate surface area is 127 Å². The molecule has 0 heterocycles. The van der Waals surface area contributed by atoms with Crippen LogP contribution in [0.4, 0.5) is 5.69 Å². The van der Waals surface area contributed by atoms with Gasteiger partial charge in [-0.25, -0.2) is 0 Å². The van der Waals surface area contributed by atoms with Gasteiger partial charge in [0.15, 0.2) is 12.1 Å². The lowest BCUT2D eigenvalue weighted by Gasteiger charge is -2.03. The molecule has 1 aromatic carbocycles. The van der Waals surface area contributed by atoms with Gasteiger partial charge in [-0.3, -0.25) is 9.59 Å². The standard InChI is InChI=1S/C18H25NO2/c1-2-3-4-5-6-7-8-9-13-17(21)16-12-10-11-15(14-20)18(16)19/h9-14H,2-8,19H2,1H3.